The first-order chi connectivity index (χ1) is 12.2. The normalized spacial score (nSPS) is 12.5. The quantitative estimate of drug-likeness (QED) is 0.699. The molecule has 2 aromatic heterocycles. The van der Waals surface area contributed by atoms with Crippen molar-refractivity contribution >= 4 is 34.7 Å². The summed E-state index contributed by atoms with van der Waals surface area (Å²) < 4.78 is 6.89. The van der Waals surface area contributed by atoms with E-state index in [2.05, 4.69) is 49.8 Å². The summed E-state index contributed by atoms with van der Waals surface area (Å²) in [4.78, 5) is 25.8. The molecule has 2 aromatic rings. The van der Waals surface area contributed by atoms with Crippen LogP contribution in [0.4, 0.5) is 16.2 Å². The predicted octanol–water partition coefficient (Wildman–Crippen LogP) is 5.25. The molecule has 26 heavy (non-hydrogen) atoms. The summed E-state index contributed by atoms with van der Waals surface area (Å²) in [6.07, 6.45) is 4.84. The number of methoxy groups -OCH3 is 1. The van der Waals surface area contributed by atoms with Gasteiger partial charge in [0.2, 0.25) is 0 Å². The van der Waals surface area contributed by atoms with Crippen molar-refractivity contribution in [3.05, 3.63) is 34.3 Å². The minimum Gasteiger partial charge on any atom is -0.465 e. The first-order valence-electron chi connectivity index (χ1n) is 8.63. The molecule has 0 fully saturated rings. The number of esters is 1. The number of urea groups is 1. The number of amides is 2. The van der Waals surface area contributed by atoms with Crippen LogP contribution in [-0.4, -0.2) is 23.7 Å². The Morgan fingerprint density at radius 1 is 1.31 bits per heavy atom. The molecule has 0 aromatic carbocycles. The van der Waals surface area contributed by atoms with E-state index in [4.69, 9.17) is 4.74 Å². The smallest absolute Gasteiger partial charge is 0.350 e. The van der Waals surface area contributed by atoms with Gasteiger partial charge in [0.15, 0.2) is 0 Å². The Bertz CT molecular complexity index is 786. The van der Waals surface area contributed by atoms with Gasteiger partial charge in [0.1, 0.15) is 4.88 Å². The molecule has 2 heterocycles. The first-order valence-corrected chi connectivity index (χ1v) is 9.45. The van der Waals surface area contributed by atoms with Crippen molar-refractivity contribution in [2.24, 2.45) is 0 Å². The van der Waals surface area contributed by atoms with Gasteiger partial charge in [0.05, 0.1) is 18.5 Å². The molecule has 0 saturated heterocycles. The lowest BCUT2D eigenvalue weighted by Crippen LogP contribution is -2.20. The van der Waals surface area contributed by atoms with Gasteiger partial charge in [-0.3, -0.25) is 0 Å². The largest absolute Gasteiger partial charge is 0.465 e. The number of nitrogens with one attached hydrogen (secondary N) is 2. The van der Waals surface area contributed by atoms with Gasteiger partial charge < -0.3 is 19.9 Å². The summed E-state index contributed by atoms with van der Waals surface area (Å²) in [5.74, 6) is -0.455. The van der Waals surface area contributed by atoms with Crippen LogP contribution in [0, 0.1) is 0 Å². The Balaban J connectivity index is 2.16. The van der Waals surface area contributed by atoms with Crippen LogP contribution in [0.2, 0.25) is 0 Å². The lowest BCUT2D eigenvalue weighted by Gasteiger charge is -2.15. The van der Waals surface area contributed by atoms with Crippen LogP contribution >= 0.6 is 11.3 Å². The monoisotopic (exact) mass is 377 g/mol. The maximum Gasteiger partial charge on any atom is 0.350 e. The van der Waals surface area contributed by atoms with E-state index in [1.165, 1.54) is 18.4 Å². The topological polar surface area (TPSA) is 72.4 Å². The lowest BCUT2D eigenvalue weighted by molar-refractivity contribution is 0.0607. The number of nitrogens with zero attached hydrogens (tertiary/aromatic N) is 1. The van der Waals surface area contributed by atoms with E-state index < -0.39 is 12.0 Å². The van der Waals surface area contributed by atoms with Crippen molar-refractivity contribution in [3.8, 4) is 0 Å². The molecule has 2 amide bonds. The minimum absolute atomic E-state index is 0.128. The summed E-state index contributed by atoms with van der Waals surface area (Å²) in [6, 6.07) is 3.66. The van der Waals surface area contributed by atoms with Gasteiger partial charge in [-0.15, -0.1) is 11.3 Å². The SMILES string of the molecule is CCC(C)n1ccc(NC(=O)Nc2cc(C(C)(C)C)sc2C(=O)OC)c1. The van der Waals surface area contributed by atoms with Crippen molar-refractivity contribution in [3.63, 3.8) is 0 Å². The number of ether oxygens (including phenoxy) is 1. The molecule has 2 rings (SSSR count). The Labute approximate surface area is 158 Å². The van der Waals surface area contributed by atoms with Crippen LogP contribution in [0.25, 0.3) is 0 Å². The fraction of sp³-hybridized carbons (Fsp3) is 0.474. The second kappa shape index (κ2) is 7.95. The zero-order valence-electron chi connectivity index (χ0n) is 16.2. The molecule has 2 N–H and O–H groups in total. The molecule has 0 spiro atoms. The molecule has 6 nitrogen and oxygen atoms in total. The van der Waals surface area contributed by atoms with E-state index in [0.29, 0.717) is 22.3 Å². The molecule has 0 saturated carbocycles. The highest BCUT2D eigenvalue weighted by Gasteiger charge is 2.24. The van der Waals surface area contributed by atoms with Crippen LogP contribution in [-0.2, 0) is 10.2 Å². The van der Waals surface area contributed by atoms with Crippen molar-refractivity contribution in [1.29, 1.82) is 0 Å². The average Bonchev–Trinajstić information content (AvgIpc) is 3.20. The average molecular weight is 378 g/mol. The summed E-state index contributed by atoms with van der Waals surface area (Å²) >= 11 is 1.34. The maximum absolute atomic E-state index is 12.4. The molecule has 0 radical (unpaired) electrons. The van der Waals surface area contributed by atoms with Crippen molar-refractivity contribution < 1.29 is 14.3 Å². The third kappa shape index (κ3) is 4.66. The van der Waals surface area contributed by atoms with Crippen LogP contribution < -0.4 is 10.6 Å². The minimum atomic E-state index is -0.455. The van der Waals surface area contributed by atoms with Gasteiger partial charge >= 0.3 is 12.0 Å². The van der Waals surface area contributed by atoms with Gasteiger partial charge in [-0.25, -0.2) is 9.59 Å². The van der Waals surface area contributed by atoms with Gasteiger partial charge in [-0.1, -0.05) is 27.7 Å². The molecule has 1 atom stereocenters. The Morgan fingerprint density at radius 2 is 2.00 bits per heavy atom. The van der Waals surface area contributed by atoms with Crippen LogP contribution in [0.3, 0.4) is 0 Å². The number of carbonyl (C=O) groups is 2. The number of thiophene rings is 1. The number of carbonyl (C=O) groups excluding carboxylic acids is 2. The molecule has 0 aliphatic rings. The van der Waals surface area contributed by atoms with E-state index in [-0.39, 0.29) is 5.41 Å². The number of aromatic nitrogens is 1. The second-order valence-electron chi connectivity index (χ2n) is 7.28. The molecule has 0 aliphatic heterocycles. The summed E-state index contributed by atoms with van der Waals surface area (Å²) in [5, 5.41) is 5.57. The third-order valence-electron chi connectivity index (χ3n) is 4.16. The highest BCUT2D eigenvalue weighted by Crippen LogP contribution is 2.36. The molecule has 7 heteroatoms. The van der Waals surface area contributed by atoms with E-state index >= 15 is 0 Å². The standard InChI is InChI=1S/C19H27N3O3S/c1-7-12(2)22-9-8-13(11-22)20-18(24)21-14-10-15(19(3,4)5)26-16(14)17(23)25-6/h8-12H,7H2,1-6H3,(H2,20,21,24). The molecule has 0 aliphatic carbocycles. The van der Waals surface area contributed by atoms with E-state index in [9.17, 15) is 9.59 Å². The molecule has 0 bridgehead atoms. The highest BCUT2D eigenvalue weighted by molar-refractivity contribution is 7.14. The second-order valence-corrected chi connectivity index (χ2v) is 8.33. The lowest BCUT2D eigenvalue weighted by atomic mass is 9.94. The number of rotatable bonds is 5. The van der Waals surface area contributed by atoms with E-state index in [0.717, 1.165) is 11.3 Å². The molecule has 142 valence electrons. The summed E-state index contributed by atoms with van der Waals surface area (Å²) in [7, 11) is 1.33. The summed E-state index contributed by atoms with van der Waals surface area (Å²) in [6.45, 7) is 10.4. The molecule has 1 unspecified atom stereocenters. The van der Waals surface area contributed by atoms with Gasteiger partial charge in [-0.2, -0.15) is 0 Å². The van der Waals surface area contributed by atoms with Crippen LogP contribution in [0.1, 0.15) is 61.6 Å². The van der Waals surface area contributed by atoms with Crippen LogP contribution in [0.5, 0.6) is 0 Å². The van der Waals surface area contributed by atoms with Crippen LogP contribution in [0.15, 0.2) is 24.5 Å². The highest BCUT2D eigenvalue weighted by atomic mass is 32.1. The Kier molecular flexibility index (Phi) is 6.13. The fourth-order valence-electron chi connectivity index (χ4n) is 2.35. The zero-order chi connectivity index (χ0) is 19.5. The van der Waals surface area contributed by atoms with Gasteiger partial charge in [0, 0.05) is 23.3 Å². The predicted molar refractivity (Wildman–Crippen MR) is 106 cm³/mol. The van der Waals surface area contributed by atoms with E-state index in [1.807, 2.05) is 24.5 Å². The number of hydrogen-bond acceptors (Lipinski definition) is 4. The number of hydrogen-bond donors (Lipinski definition) is 2. The van der Waals surface area contributed by atoms with Gasteiger partial charge in [-0.05, 0) is 30.9 Å². The summed E-state index contributed by atoms with van der Waals surface area (Å²) in [5.41, 5.74) is 1.04. The third-order valence-corrected chi connectivity index (χ3v) is 5.70. The van der Waals surface area contributed by atoms with E-state index in [1.54, 1.807) is 0 Å². The zero-order valence-corrected chi connectivity index (χ0v) is 17.0. The van der Waals surface area contributed by atoms with Crippen molar-refractivity contribution in [2.45, 2.75) is 52.5 Å². The molecular weight excluding hydrogens is 350 g/mol. The number of anilines is 2. The van der Waals surface area contributed by atoms with Crippen molar-refractivity contribution in [2.75, 3.05) is 17.7 Å². The van der Waals surface area contributed by atoms with Gasteiger partial charge in [0.25, 0.3) is 0 Å². The Morgan fingerprint density at radius 3 is 2.58 bits per heavy atom. The van der Waals surface area contributed by atoms with Crippen molar-refractivity contribution in [1.82, 2.24) is 4.57 Å². The fourth-order valence-corrected chi connectivity index (χ4v) is 3.44. The Hall–Kier alpha value is -2.28. The first kappa shape index (κ1) is 20.0. The maximum atomic E-state index is 12.4. The molecular formula is C19H27N3O3S.